The van der Waals surface area contributed by atoms with Crippen LogP contribution in [-0.2, 0) is 0 Å². The van der Waals surface area contributed by atoms with Gasteiger partial charge in [-0.1, -0.05) is 13.8 Å². The average Bonchev–Trinajstić information content (AvgIpc) is 2.25. The maximum Gasteiger partial charge on any atom is 0.152 e. The number of nitrogens with one attached hydrogen (secondary N) is 1. The van der Waals surface area contributed by atoms with E-state index in [9.17, 15) is 13.2 Å². The average molecular weight is 257 g/mol. The zero-order valence-corrected chi connectivity index (χ0v) is 10.7. The minimum atomic E-state index is -0.889. The first-order chi connectivity index (χ1) is 8.37. The maximum atomic E-state index is 13.5. The van der Waals surface area contributed by atoms with E-state index in [4.69, 9.17) is 0 Å². The summed E-state index contributed by atoms with van der Waals surface area (Å²) in [7, 11) is 0. The molecule has 0 heterocycles. The Morgan fingerprint density at radius 2 is 1.56 bits per heavy atom. The zero-order valence-electron chi connectivity index (χ0n) is 10.7. The van der Waals surface area contributed by atoms with Gasteiger partial charge >= 0.3 is 0 Å². The lowest BCUT2D eigenvalue weighted by molar-refractivity contribution is 0.232. The minimum Gasteiger partial charge on any atom is -0.378 e. The highest BCUT2D eigenvalue weighted by Crippen LogP contribution is 2.36. The summed E-state index contributed by atoms with van der Waals surface area (Å²) in [4.78, 5) is 0. The summed E-state index contributed by atoms with van der Waals surface area (Å²) in [5.41, 5.74) is 0.0963. The quantitative estimate of drug-likeness (QED) is 0.823. The molecule has 1 aliphatic carbocycles. The lowest BCUT2D eigenvalue weighted by atomic mass is 9.75. The highest BCUT2D eigenvalue weighted by atomic mass is 19.1. The van der Waals surface area contributed by atoms with Crippen molar-refractivity contribution in [3.05, 3.63) is 29.6 Å². The Balaban J connectivity index is 2.07. The van der Waals surface area contributed by atoms with Crippen LogP contribution in [0.4, 0.5) is 18.9 Å². The van der Waals surface area contributed by atoms with Crippen molar-refractivity contribution in [3.8, 4) is 0 Å². The molecule has 1 aliphatic rings. The summed E-state index contributed by atoms with van der Waals surface area (Å²) in [6.45, 7) is 4.39. The molecule has 1 saturated carbocycles. The Morgan fingerprint density at radius 1 is 1.06 bits per heavy atom. The number of hydrogen-bond acceptors (Lipinski definition) is 1. The van der Waals surface area contributed by atoms with Crippen molar-refractivity contribution in [2.75, 3.05) is 5.32 Å². The zero-order chi connectivity index (χ0) is 13.3. The molecule has 0 aromatic heterocycles. The summed E-state index contributed by atoms with van der Waals surface area (Å²) < 4.78 is 39.7. The van der Waals surface area contributed by atoms with Crippen molar-refractivity contribution in [1.82, 2.24) is 0 Å². The predicted octanol–water partition coefficient (Wildman–Crippen LogP) is 4.48. The molecule has 0 atom stereocenters. The standard InChI is InChI=1S/C14H18F3N/c1-14(2)5-3-10(4-6-14)18-13-11(16)7-9(15)8-12(13)17/h7-8,10,18H,3-6H2,1-2H3. The summed E-state index contributed by atoms with van der Waals surface area (Å²) in [6, 6.07) is 1.48. The lowest BCUT2D eigenvalue weighted by Gasteiger charge is -2.35. The first kappa shape index (κ1) is 13.2. The first-order valence-corrected chi connectivity index (χ1v) is 6.28. The molecule has 0 radical (unpaired) electrons. The molecule has 0 aliphatic heterocycles. The normalized spacial score (nSPS) is 19.8. The molecule has 1 aromatic carbocycles. The fraction of sp³-hybridized carbons (Fsp3) is 0.571. The van der Waals surface area contributed by atoms with Crippen LogP contribution in [0.3, 0.4) is 0 Å². The Labute approximate surface area is 105 Å². The molecular formula is C14H18F3N. The Bertz CT molecular complexity index is 410. The molecule has 4 heteroatoms. The van der Waals surface area contributed by atoms with Crippen LogP contribution in [0.25, 0.3) is 0 Å². The molecule has 2 rings (SSSR count). The maximum absolute atomic E-state index is 13.5. The second-order valence-corrected chi connectivity index (χ2v) is 5.83. The van der Waals surface area contributed by atoms with E-state index < -0.39 is 17.5 Å². The molecule has 0 spiro atoms. The van der Waals surface area contributed by atoms with E-state index in [1.807, 2.05) is 0 Å². The predicted molar refractivity (Wildman–Crippen MR) is 66.0 cm³/mol. The summed E-state index contributed by atoms with van der Waals surface area (Å²) in [5, 5.41) is 2.87. The molecule has 0 unspecified atom stereocenters. The Hall–Kier alpha value is -1.19. The Morgan fingerprint density at radius 3 is 2.06 bits per heavy atom. The van der Waals surface area contributed by atoms with E-state index in [0.29, 0.717) is 17.5 Å². The highest BCUT2D eigenvalue weighted by molar-refractivity contribution is 5.47. The van der Waals surface area contributed by atoms with Crippen molar-refractivity contribution in [1.29, 1.82) is 0 Å². The van der Waals surface area contributed by atoms with Gasteiger partial charge in [0, 0.05) is 18.2 Å². The second kappa shape index (κ2) is 4.82. The van der Waals surface area contributed by atoms with Gasteiger partial charge in [-0.25, -0.2) is 13.2 Å². The molecule has 1 aromatic rings. The summed E-state index contributed by atoms with van der Waals surface area (Å²) in [5.74, 6) is -2.62. The van der Waals surface area contributed by atoms with Gasteiger partial charge in [-0.05, 0) is 31.1 Å². The monoisotopic (exact) mass is 257 g/mol. The van der Waals surface area contributed by atoms with Crippen LogP contribution in [0.15, 0.2) is 12.1 Å². The van der Waals surface area contributed by atoms with Gasteiger partial charge in [-0.15, -0.1) is 0 Å². The number of hydrogen-bond donors (Lipinski definition) is 1. The molecule has 18 heavy (non-hydrogen) atoms. The molecule has 1 nitrogen and oxygen atoms in total. The molecular weight excluding hydrogens is 239 g/mol. The fourth-order valence-corrected chi connectivity index (χ4v) is 2.43. The van der Waals surface area contributed by atoms with Gasteiger partial charge in [0.2, 0.25) is 0 Å². The van der Waals surface area contributed by atoms with Gasteiger partial charge in [0.05, 0.1) is 0 Å². The van der Waals surface area contributed by atoms with Gasteiger partial charge in [0.25, 0.3) is 0 Å². The lowest BCUT2D eigenvalue weighted by Crippen LogP contribution is -2.30. The highest BCUT2D eigenvalue weighted by Gasteiger charge is 2.27. The number of halogens is 3. The minimum absolute atomic E-state index is 0.0625. The summed E-state index contributed by atoms with van der Waals surface area (Å²) >= 11 is 0. The third-order valence-electron chi connectivity index (χ3n) is 3.69. The SMILES string of the molecule is CC1(C)CCC(Nc2c(F)cc(F)cc2F)CC1. The van der Waals surface area contributed by atoms with Crippen LogP contribution >= 0.6 is 0 Å². The molecule has 1 fully saturated rings. The van der Waals surface area contributed by atoms with E-state index in [-0.39, 0.29) is 11.7 Å². The van der Waals surface area contributed by atoms with Crippen LogP contribution in [0.5, 0.6) is 0 Å². The number of anilines is 1. The van der Waals surface area contributed by atoms with Crippen LogP contribution in [0, 0.1) is 22.9 Å². The van der Waals surface area contributed by atoms with Gasteiger partial charge in [-0.2, -0.15) is 0 Å². The van der Waals surface area contributed by atoms with Crippen molar-refractivity contribution in [2.24, 2.45) is 5.41 Å². The largest absolute Gasteiger partial charge is 0.378 e. The van der Waals surface area contributed by atoms with E-state index in [2.05, 4.69) is 19.2 Å². The van der Waals surface area contributed by atoms with E-state index in [0.717, 1.165) is 25.7 Å². The van der Waals surface area contributed by atoms with E-state index in [1.165, 1.54) is 0 Å². The molecule has 1 N–H and O–H groups in total. The topological polar surface area (TPSA) is 12.0 Å². The molecule has 0 bridgehead atoms. The fourth-order valence-electron chi connectivity index (χ4n) is 2.43. The van der Waals surface area contributed by atoms with Crippen LogP contribution in [-0.4, -0.2) is 6.04 Å². The van der Waals surface area contributed by atoms with Crippen molar-refractivity contribution in [3.63, 3.8) is 0 Å². The third-order valence-corrected chi connectivity index (χ3v) is 3.69. The second-order valence-electron chi connectivity index (χ2n) is 5.83. The first-order valence-electron chi connectivity index (χ1n) is 6.28. The van der Waals surface area contributed by atoms with Gasteiger partial charge in [0.1, 0.15) is 11.5 Å². The molecule has 100 valence electrons. The van der Waals surface area contributed by atoms with Crippen molar-refractivity contribution < 1.29 is 13.2 Å². The third kappa shape index (κ3) is 2.98. The van der Waals surface area contributed by atoms with Crippen LogP contribution in [0.2, 0.25) is 0 Å². The summed E-state index contributed by atoms with van der Waals surface area (Å²) in [6.07, 6.45) is 3.80. The number of rotatable bonds is 2. The van der Waals surface area contributed by atoms with Gasteiger partial charge < -0.3 is 5.32 Å². The number of benzene rings is 1. The molecule has 0 saturated heterocycles. The van der Waals surface area contributed by atoms with E-state index in [1.54, 1.807) is 0 Å². The Kier molecular flexibility index (Phi) is 3.55. The smallest absolute Gasteiger partial charge is 0.152 e. The van der Waals surface area contributed by atoms with Crippen molar-refractivity contribution in [2.45, 2.75) is 45.6 Å². The van der Waals surface area contributed by atoms with Crippen molar-refractivity contribution >= 4 is 5.69 Å². The molecule has 0 amide bonds. The van der Waals surface area contributed by atoms with Crippen LogP contribution in [0.1, 0.15) is 39.5 Å². The van der Waals surface area contributed by atoms with Gasteiger partial charge in [-0.3, -0.25) is 0 Å². The van der Waals surface area contributed by atoms with Crippen LogP contribution < -0.4 is 5.32 Å². The van der Waals surface area contributed by atoms with E-state index >= 15 is 0 Å². The van der Waals surface area contributed by atoms with Gasteiger partial charge in [0.15, 0.2) is 11.6 Å².